The maximum atomic E-state index is 13.8. The quantitative estimate of drug-likeness (QED) is 0.223. The van der Waals surface area contributed by atoms with Crippen molar-refractivity contribution in [2.45, 2.75) is 19.6 Å². The molecule has 0 spiro atoms. The van der Waals surface area contributed by atoms with Crippen molar-refractivity contribution in [2.24, 2.45) is 4.99 Å². The Hall–Kier alpha value is -3.37. The van der Waals surface area contributed by atoms with Crippen LogP contribution in [0, 0.1) is 0 Å². The standard InChI is InChI=1S/C30H23BrCl2N2O5S/c1-16-25(29(37)39-3)26(18-8-10-20(32)11-9-18)35-28(36)24(41-30(35)34-16)14-17-12-21(31)27(23(13-17)38-2)40-15-19-6-4-5-7-22(19)33/h4-14,26H,15H2,1-3H3/b24-14-/t26-/m0/s1. The van der Waals surface area contributed by atoms with Crippen LogP contribution in [0.25, 0.3) is 6.08 Å². The molecular formula is C30H23BrCl2N2O5S. The van der Waals surface area contributed by atoms with E-state index in [9.17, 15) is 9.59 Å². The van der Waals surface area contributed by atoms with Gasteiger partial charge >= 0.3 is 5.97 Å². The first-order valence-electron chi connectivity index (χ1n) is 12.3. The van der Waals surface area contributed by atoms with Gasteiger partial charge in [0.2, 0.25) is 0 Å². The number of rotatable bonds is 7. The lowest BCUT2D eigenvalue weighted by molar-refractivity contribution is -0.136. The van der Waals surface area contributed by atoms with E-state index in [-0.39, 0.29) is 12.2 Å². The fourth-order valence-corrected chi connectivity index (χ4v) is 6.47. The molecule has 11 heteroatoms. The van der Waals surface area contributed by atoms with Gasteiger partial charge in [0, 0.05) is 15.6 Å². The highest BCUT2D eigenvalue weighted by molar-refractivity contribution is 9.10. The Morgan fingerprint density at radius 3 is 2.54 bits per heavy atom. The van der Waals surface area contributed by atoms with Gasteiger partial charge in [-0.2, -0.15) is 0 Å². The summed E-state index contributed by atoms with van der Waals surface area (Å²) in [7, 11) is 2.85. The number of allylic oxidation sites excluding steroid dienone is 1. The maximum absolute atomic E-state index is 13.8. The Labute approximate surface area is 258 Å². The number of carbonyl (C=O) groups excluding carboxylic acids is 1. The Bertz CT molecular complexity index is 1870. The van der Waals surface area contributed by atoms with Crippen molar-refractivity contribution < 1.29 is 19.0 Å². The molecule has 0 fully saturated rings. The molecule has 7 nitrogen and oxygen atoms in total. The molecule has 0 unspecified atom stereocenters. The molecule has 210 valence electrons. The summed E-state index contributed by atoms with van der Waals surface area (Å²) in [6, 6.07) is 17.4. The van der Waals surface area contributed by atoms with E-state index in [4.69, 9.17) is 37.4 Å². The molecule has 1 atom stereocenters. The molecule has 1 aliphatic heterocycles. The Kier molecular flexibility index (Phi) is 8.70. The lowest BCUT2D eigenvalue weighted by Crippen LogP contribution is -2.39. The molecule has 0 N–H and O–H groups in total. The molecule has 3 aromatic carbocycles. The highest BCUT2D eigenvalue weighted by atomic mass is 79.9. The van der Waals surface area contributed by atoms with Gasteiger partial charge in [-0.15, -0.1) is 0 Å². The predicted molar refractivity (Wildman–Crippen MR) is 164 cm³/mol. The SMILES string of the molecule is COC(=O)C1=C(C)N=c2s/c(=C\c3cc(Br)c(OCc4ccccc4Cl)c(OC)c3)c(=O)n2[C@H]1c1ccc(Cl)cc1. The topological polar surface area (TPSA) is 79.1 Å². The van der Waals surface area contributed by atoms with Gasteiger partial charge in [-0.05, 0) is 70.4 Å². The molecule has 0 bridgehead atoms. The van der Waals surface area contributed by atoms with Gasteiger partial charge in [-0.3, -0.25) is 9.36 Å². The van der Waals surface area contributed by atoms with Crippen molar-refractivity contribution in [1.29, 1.82) is 0 Å². The van der Waals surface area contributed by atoms with Crippen molar-refractivity contribution in [3.8, 4) is 11.5 Å². The summed E-state index contributed by atoms with van der Waals surface area (Å²) in [5, 5.41) is 1.15. The number of esters is 1. The van der Waals surface area contributed by atoms with Crippen LogP contribution in [-0.2, 0) is 16.1 Å². The molecule has 0 radical (unpaired) electrons. The monoisotopic (exact) mass is 672 g/mol. The number of benzene rings is 3. The van der Waals surface area contributed by atoms with E-state index in [1.165, 1.54) is 23.0 Å². The number of thiazole rings is 1. The van der Waals surface area contributed by atoms with Gasteiger partial charge in [-0.1, -0.05) is 64.9 Å². The molecule has 5 rings (SSSR count). The summed E-state index contributed by atoms with van der Waals surface area (Å²) in [4.78, 5) is 31.7. The zero-order valence-corrected chi connectivity index (χ0v) is 26.0. The summed E-state index contributed by atoms with van der Waals surface area (Å²) in [5.74, 6) is 0.432. The smallest absolute Gasteiger partial charge is 0.338 e. The first kappa shape index (κ1) is 29.1. The summed E-state index contributed by atoms with van der Waals surface area (Å²) in [5.41, 5.74) is 2.73. The van der Waals surface area contributed by atoms with Crippen LogP contribution in [0.4, 0.5) is 0 Å². The third kappa shape index (κ3) is 5.85. The van der Waals surface area contributed by atoms with Crippen LogP contribution in [0.3, 0.4) is 0 Å². The van der Waals surface area contributed by atoms with Crippen molar-refractivity contribution in [2.75, 3.05) is 14.2 Å². The number of hydrogen-bond acceptors (Lipinski definition) is 7. The number of nitrogens with zero attached hydrogens (tertiary/aromatic N) is 2. The number of aromatic nitrogens is 1. The number of fused-ring (bicyclic) bond motifs is 1. The van der Waals surface area contributed by atoms with Crippen LogP contribution in [0.15, 0.2) is 86.2 Å². The molecule has 0 saturated heterocycles. The molecule has 41 heavy (non-hydrogen) atoms. The molecule has 0 aliphatic carbocycles. The second kappa shape index (κ2) is 12.2. The normalized spacial score (nSPS) is 14.9. The lowest BCUT2D eigenvalue weighted by Gasteiger charge is -2.24. The average molecular weight is 674 g/mol. The highest BCUT2D eigenvalue weighted by Gasteiger charge is 2.33. The Morgan fingerprint density at radius 2 is 1.85 bits per heavy atom. The van der Waals surface area contributed by atoms with Gasteiger partial charge in [0.25, 0.3) is 5.56 Å². The summed E-state index contributed by atoms with van der Waals surface area (Å²) >= 11 is 17.2. The van der Waals surface area contributed by atoms with E-state index < -0.39 is 12.0 Å². The highest BCUT2D eigenvalue weighted by Crippen LogP contribution is 2.38. The van der Waals surface area contributed by atoms with E-state index in [1.807, 2.05) is 24.3 Å². The number of ether oxygens (including phenoxy) is 3. The van der Waals surface area contributed by atoms with Crippen molar-refractivity contribution in [3.05, 3.63) is 123 Å². The van der Waals surface area contributed by atoms with Crippen molar-refractivity contribution in [1.82, 2.24) is 4.57 Å². The molecule has 2 heterocycles. The van der Waals surface area contributed by atoms with Crippen LogP contribution < -0.4 is 24.4 Å². The van der Waals surface area contributed by atoms with Crippen LogP contribution in [0.1, 0.15) is 29.7 Å². The van der Waals surface area contributed by atoms with Gasteiger partial charge in [-0.25, -0.2) is 9.79 Å². The summed E-state index contributed by atoms with van der Waals surface area (Å²) < 4.78 is 19.3. The number of carbonyl (C=O) groups is 1. The fourth-order valence-electron chi connectivity index (χ4n) is 4.53. The van der Waals surface area contributed by atoms with Gasteiger partial charge in [0.1, 0.15) is 6.61 Å². The molecule has 0 saturated carbocycles. The van der Waals surface area contributed by atoms with Crippen molar-refractivity contribution in [3.63, 3.8) is 0 Å². The predicted octanol–water partition coefficient (Wildman–Crippen LogP) is 6.07. The van der Waals surface area contributed by atoms with Crippen LogP contribution in [-0.4, -0.2) is 24.8 Å². The third-order valence-corrected chi connectivity index (χ3v) is 8.68. The molecule has 4 aromatic rings. The Morgan fingerprint density at radius 1 is 1.12 bits per heavy atom. The average Bonchev–Trinajstić information content (AvgIpc) is 3.26. The minimum absolute atomic E-state index is 0.249. The van der Waals surface area contributed by atoms with E-state index in [1.54, 1.807) is 56.5 Å². The van der Waals surface area contributed by atoms with Gasteiger partial charge in [0.05, 0.1) is 40.5 Å². The summed E-state index contributed by atoms with van der Waals surface area (Å²) in [6.45, 7) is 1.98. The van der Waals surface area contributed by atoms with Crippen molar-refractivity contribution >= 4 is 62.5 Å². The van der Waals surface area contributed by atoms with Crippen LogP contribution in [0.5, 0.6) is 11.5 Å². The number of hydrogen-bond donors (Lipinski definition) is 0. The lowest BCUT2D eigenvalue weighted by atomic mass is 9.96. The number of halogens is 3. The van der Waals surface area contributed by atoms with E-state index in [2.05, 4.69) is 20.9 Å². The molecular weight excluding hydrogens is 651 g/mol. The fraction of sp³-hybridized carbons (Fsp3) is 0.167. The second-order valence-electron chi connectivity index (χ2n) is 9.04. The second-order valence-corrected chi connectivity index (χ2v) is 11.7. The molecule has 1 aliphatic rings. The Balaban J connectivity index is 1.58. The first-order chi connectivity index (χ1) is 19.7. The minimum Gasteiger partial charge on any atom is -0.493 e. The van der Waals surface area contributed by atoms with E-state index in [0.29, 0.717) is 57.7 Å². The van der Waals surface area contributed by atoms with Gasteiger partial charge < -0.3 is 14.2 Å². The minimum atomic E-state index is -0.722. The van der Waals surface area contributed by atoms with Crippen LogP contribution in [0.2, 0.25) is 10.0 Å². The third-order valence-electron chi connectivity index (χ3n) is 6.49. The van der Waals surface area contributed by atoms with Gasteiger partial charge in [0.15, 0.2) is 16.3 Å². The molecule has 0 amide bonds. The van der Waals surface area contributed by atoms with Crippen LogP contribution >= 0.6 is 50.5 Å². The largest absolute Gasteiger partial charge is 0.493 e. The molecule has 1 aromatic heterocycles. The first-order valence-corrected chi connectivity index (χ1v) is 14.7. The number of methoxy groups -OCH3 is 2. The maximum Gasteiger partial charge on any atom is 0.338 e. The zero-order valence-electron chi connectivity index (χ0n) is 22.1. The summed E-state index contributed by atoms with van der Waals surface area (Å²) in [6.07, 6.45) is 1.75. The zero-order chi connectivity index (χ0) is 29.3. The van der Waals surface area contributed by atoms with E-state index in [0.717, 1.165) is 5.56 Å². The van der Waals surface area contributed by atoms with E-state index >= 15 is 0 Å².